The van der Waals surface area contributed by atoms with Crippen LogP contribution >= 0.6 is 0 Å². The van der Waals surface area contributed by atoms with Crippen molar-refractivity contribution in [1.82, 2.24) is 9.78 Å². The molecule has 0 aliphatic carbocycles. The van der Waals surface area contributed by atoms with Gasteiger partial charge in [-0.1, -0.05) is 6.07 Å². The standard InChI is InChI=1S/C19H19N3O/c1-13-4-7-17(12-14(13)2)21-19(23)16-5-8-18(9-6-16)22-15(3)10-11-20-22/h4-12H,1-3H3,(H,21,23). The molecule has 0 atom stereocenters. The predicted octanol–water partition coefficient (Wildman–Crippen LogP) is 4.05. The maximum absolute atomic E-state index is 12.3. The summed E-state index contributed by atoms with van der Waals surface area (Å²) in [7, 11) is 0. The minimum absolute atomic E-state index is 0.114. The SMILES string of the molecule is Cc1ccc(NC(=O)c2ccc(-n3nccc3C)cc2)cc1C. The van der Waals surface area contributed by atoms with E-state index in [1.165, 1.54) is 5.56 Å². The Balaban J connectivity index is 1.77. The van der Waals surface area contributed by atoms with Crippen LogP contribution in [0.2, 0.25) is 0 Å². The van der Waals surface area contributed by atoms with Crippen LogP contribution in [0.5, 0.6) is 0 Å². The third kappa shape index (κ3) is 3.16. The molecule has 1 N–H and O–H groups in total. The van der Waals surface area contributed by atoms with Gasteiger partial charge in [-0.15, -0.1) is 0 Å². The third-order valence-corrected chi connectivity index (χ3v) is 3.97. The van der Waals surface area contributed by atoms with E-state index in [1.807, 2.05) is 67.1 Å². The van der Waals surface area contributed by atoms with Gasteiger partial charge in [0, 0.05) is 23.1 Å². The number of aromatic nitrogens is 2. The first kappa shape index (κ1) is 15.0. The summed E-state index contributed by atoms with van der Waals surface area (Å²) in [6, 6.07) is 15.3. The molecular weight excluding hydrogens is 286 g/mol. The van der Waals surface area contributed by atoms with E-state index in [1.54, 1.807) is 6.20 Å². The van der Waals surface area contributed by atoms with E-state index < -0.39 is 0 Å². The largest absolute Gasteiger partial charge is 0.322 e. The Morgan fingerprint density at radius 3 is 2.30 bits per heavy atom. The number of benzene rings is 2. The molecule has 1 amide bonds. The van der Waals surface area contributed by atoms with Gasteiger partial charge in [-0.2, -0.15) is 5.10 Å². The first-order valence-electron chi connectivity index (χ1n) is 7.54. The highest BCUT2D eigenvalue weighted by Gasteiger charge is 2.08. The highest BCUT2D eigenvalue weighted by atomic mass is 16.1. The number of nitrogens with zero attached hydrogens (tertiary/aromatic N) is 2. The summed E-state index contributed by atoms with van der Waals surface area (Å²) in [4.78, 5) is 12.3. The fourth-order valence-corrected chi connectivity index (χ4v) is 2.42. The van der Waals surface area contributed by atoms with Gasteiger partial charge < -0.3 is 5.32 Å². The van der Waals surface area contributed by atoms with Crippen molar-refractivity contribution in [3.63, 3.8) is 0 Å². The quantitative estimate of drug-likeness (QED) is 0.793. The number of rotatable bonds is 3. The maximum atomic E-state index is 12.3. The molecule has 0 spiro atoms. The summed E-state index contributed by atoms with van der Waals surface area (Å²) in [6.45, 7) is 6.08. The zero-order valence-electron chi connectivity index (χ0n) is 13.5. The molecule has 0 radical (unpaired) electrons. The number of aryl methyl sites for hydroxylation is 3. The van der Waals surface area contributed by atoms with Crippen LogP contribution in [0.25, 0.3) is 5.69 Å². The normalized spacial score (nSPS) is 10.6. The number of amides is 1. The van der Waals surface area contributed by atoms with Crippen molar-refractivity contribution >= 4 is 11.6 Å². The van der Waals surface area contributed by atoms with Crippen molar-refractivity contribution in [3.8, 4) is 5.69 Å². The highest BCUT2D eigenvalue weighted by Crippen LogP contribution is 2.16. The molecule has 4 nitrogen and oxygen atoms in total. The van der Waals surface area contributed by atoms with Gasteiger partial charge in [0.05, 0.1) is 5.69 Å². The summed E-state index contributed by atoms with van der Waals surface area (Å²) < 4.78 is 1.84. The number of hydrogen-bond acceptors (Lipinski definition) is 2. The van der Waals surface area contributed by atoms with E-state index in [0.717, 1.165) is 22.6 Å². The van der Waals surface area contributed by atoms with Crippen molar-refractivity contribution in [2.45, 2.75) is 20.8 Å². The number of carbonyl (C=O) groups excluding carboxylic acids is 1. The first-order chi connectivity index (χ1) is 11.0. The number of nitrogens with one attached hydrogen (secondary N) is 1. The summed E-state index contributed by atoms with van der Waals surface area (Å²) in [5.74, 6) is -0.114. The Kier molecular flexibility index (Phi) is 3.98. The zero-order valence-corrected chi connectivity index (χ0v) is 13.5. The minimum Gasteiger partial charge on any atom is -0.322 e. The molecule has 1 heterocycles. The molecule has 0 unspecified atom stereocenters. The fraction of sp³-hybridized carbons (Fsp3) is 0.158. The molecule has 0 saturated carbocycles. The molecule has 0 aliphatic rings. The second kappa shape index (κ2) is 6.08. The van der Waals surface area contributed by atoms with Crippen LogP contribution in [0.15, 0.2) is 54.7 Å². The third-order valence-electron chi connectivity index (χ3n) is 3.97. The monoisotopic (exact) mass is 305 g/mol. The molecule has 0 bridgehead atoms. The molecule has 0 fully saturated rings. The van der Waals surface area contributed by atoms with Crippen molar-refractivity contribution < 1.29 is 4.79 Å². The van der Waals surface area contributed by atoms with Gasteiger partial charge in [-0.25, -0.2) is 4.68 Å². The minimum atomic E-state index is -0.114. The Labute approximate surface area is 135 Å². The van der Waals surface area contributed by atoms with Crippen molar-refractivity contribution in [1.29, 1.82) is 0 Å². The van der Waals surface area contributed by atoms with Crippen LogP contribution in [0.1, 0.15) is 27.2 Å². The average molecular weight is 305 g/mol. The molecule has 3 rings (SSSR count). The van der Waals surface area contributed by atoms with E-state index >= 15 is 0 Å². The van der Waals surface area contributed by atoms with Gasteiger partial charge in [0.15, 0.2) is 0 Å². The Bertz CT molecular complexity index is 847. The maximum Gasteiger partial charge on any atom is 0.255 e. The van der Waals surface area contributed by atoms with E-state index in [2.05, 4.69) is 17.3 Å². The van der Waals surface area contributed by atoms with Gasteiger partial charge >= 0.3 is 0 Å². The lowest BCUT2D eigenvalue weighted by atomic mass is 10.1. The summed E-state index contributed by atoms with van der Waals surface area (Å²) in [5, 5.41) is 7.19. The van der Waals surface area contributed by atoms with Crippen molar-refractivity contribution in [2.75, 3.05) is 5.32 Å². The Hall–Kier alpha value is -2.88. The number of carbonyl (C=O) groups is 1. The molecule has 2 aromatic carbocycles. The summed E-state index contributed by atoms with van der Waals surface area (Å²) >= 11 is 0. The topological polar surface area (TPSA) is 46.9 Å². The summed E-state index contributed by atoms with van der Waals surface area (Å²) in [6.07, 6.45) is 1.76. The lowest BCUT2D eigenvalue weighted by Gasteiger charge is -2.09. The van der Waals surface area contributed by atoms with Crippen molar-refractivity contribution in [2.24, 2.45) is 0 Å². The molecule has 0 aliphatic heterocycles. The number of anilines is 1. The van der Waals surface area contributed by atoms with Gasteiger partial charge in [0.1, 0.15) is 0 Å². The fourth-order valence-electron chi connectivity index (χ4n) is 2.42. The first-order valence-corrected chi connectivity index (χ1v) is 7.54. The molecular formula is C19H19N3O. The van der Waals surface area contributed by atoms with Crippen LogP contribution < -0.4 is 5.32 Å². The van der Waals surface area contributed by atoms with E-state index in [4.69, 9.17) is 0 Å². The van der Waals surface area contributed by atoms with Crippen molar-refractivity contribution in [3.05, 3.63) is 77.1 Å². The molecule has 116 valence electrons. The predicted molar refractivity (Wildman–Crippen MR) is 92.2 cm³/mol. The molecule has 3 aromatic rings. The van der Waals surface area contributed by atoms with Crippen LogP contribution in [-0.4, -0.2) is 15.7 Å². The Morgan fingerprint density at radius 1 is 0.957 bits per heavy atom. The molecule has 23 heavy (non-hydrogen) atoms. The Morgan fingerprint density at radius 2 is 1.70 bits per heavy atom. The van der Waals surface area contributed by atoms with E-state index in [-0.39, 0.29) is 5.91 Å². The van der Waals surface area contributed by atoms with Gasteiger partial charge in [-0.3, -0.25) is 4.79 Å². The van der Waals surface area contributed by atoms with Crippen LogP contribution in [-0.2, 0) is 0 Å². The zero-order chi connectivity index (χ0) is 16.4. The van der Waals surface area contributed by atoms with Gasteiger partial charge in [0.2, 0.25) is 0 Å². The lowest BCUT2D eigenvalue weighted by Crippen LogP contribution is -2.12. The molecule has 0 saturated heterocycles. The molecule has 1 aromatic heterocycles. The van der Waals surface area contributed by atoms with Gasteiger partial charge in [0.25, 0.3) is 5.91 Å². The smallest absolute Gasteiger partial charge is 0.255 e. The van der Waals surface area contributed by atoms with E-state index in [9.17, 15) is 4.79 Å². The van der Waals surface area contributed by atoms with E-state index in [0.29, 0.717) is 5.56 Å². The van der Waals surface area contributed by atoms with Crippen LogP contribution in [0.4, 0.5) is 5.69 Å². The number of hydrogen-bond donors (Lipinski definition) is 1. The molecule has 4 heteroatoms. The second-order valence-electron chi connectivity index (χ2n) is 5.68. The summed E-state index contributed by atoms with van der Waals surface area (Å²) in [5.41, 5.74) is 5.80. The lowest BCUT2D eigenvalue weighted by molar-refractivity contribution is 0.102. The highest BCUT2D eigenvalue weighted by molar-refractivity contribution is 6.04. The second-order valence-corrected chi connectivity index (χ2v) is 5.68. The van der Waals surface area contributed by atoms with Crippen LogP contribution in [0, 0.1) is 20.8 Å². The van der Waals surface area contributed by atoms with Crippen LogP contribution in [0.3, 0.4) is 0 Å². The average Bonchev–Trinajstić information content (AvgIpc) is 2.97. The van der Waals surface area contributed by atoms with Gasteiger partial charge in [-0.05, 0) is 74.4 Å².